The van der Waals surface area contributed by atoms with Gasteiger partial charge in [0.05, 0.1) is 5.54 Å². The SMILES string of the molecule is CNC(C)(C)c1nncn1C1CCCC1. The van der Waals surface area contributed by atoms with Gasteiger partial charge >= 0.3 is 0 Å². The average molecular weight is 208 g/mol. The van der Waals surface area contributed by atoms with Crippen LogP contribution in [0.3, 0.4) is 0 Å². The van der Waals surface area contributed by atoms with E-state index in [0.29, 0.717) is 6.04 Å². The molecule has 0 aliphatic heterocycles. The molecule has 0 saturated heterocycles. The maximum absolute atomic E-state index is 4.25. The van der Waals surface area contributed by atoms with Gasteiger partial charge in [-0.2, -0.15) is 0 Å². The van der Waals surface area contributed by atoms with Crippen LogP contribution in [-0.2, 0) is 5.54 Å². The van der Waals surface area contributed by atoms with Gasteiger partial charge in [0.25, 0.3) is 0 Å². The largest absolute Gasteiger partial charge is 0.313 e. The van der Waals surface area contributed by atoms with E-state index in [1.165, 1.54) is 25.7 Å². The number of aromatic nitrogens is 3. The van der Waals surface area contributed by atoms with Crippen molar-refractivity contribution in [1.82, 2.24) is 20.1 Å². The van der Waals surface area contributed by atoms with Gasteiger partial charge in [-0.1, -0.05) is 12.8 Å². The Morgan fingerprint density at radius 2 is 2.07 bits per heavy atom. The Labute approximate surface area is 91.1 Å². The van der Waals surface area contributed by atoms with Crippen LogP contribution in [0.2, 0.25) is 0 Å². The van der Waals surface area contributed by atoms with Gasteiger partial charge in [-0.25, -0.2) is 0 Å². The zero-order valence-corrected chi connectivity index (χ0v) is 9.82. The second-order valence-electron chi connectivity index (χ2n) is 4.88. The maximum atomic E-state index is 4.25. The van der Waals surface area contributed by atoms with Crippen molar-refractivity contribution < 1.29 is 0 Å². The van der Waals surface area contributed by atoms with Gasteiger partial charge in [-0.15, -0.1) is 10.2 Å². The summed E-state index contributed by atoms with van der Waals surface area (Å²) in [6.07, 6.45) is 7.09. The lowest BCUT2D eigenvalue weighted by Gasteiger charge is -2.25. The molecule has 1 heterocycles. The first-order valence-corrected chi connectivity index (χ1v) is 5.74. The third-order valence-electron chi connectivity index (χ3n) is 3.48. The molecule has 1 aliphatic carbocycles. The van der Waals surface area contributed by atoms with E-state index < -0.39 is 0 Å². The highest BCUT2D eigenvalue weighted by atomic mass is 15.3. The highest BCUT2D eigenvalue weighted by Crippen LogP contribution is 2.32. The topological polar surface area (TPSA) is 42.7 Å². The number of rotatable bonds is 3. The summed E-state index contributed by atoms with van der Waals surface area (Å²) in [5, 5.41) is 11.6. The summed E-state index contributed by atoms with van der Waals surface area (Å²) in [7, 11) is 1.97. The van der Waals surface area contributed by atoms with E-state index >= 15 is 0 Å². The number of hydrogen-bond acceptors (Lipinski definition) is 3. The number of nitrogens with one attached hydrogen (secondary N) is 1. The number of nitrogens with zero attached hydrogens (tertiary/aromatic N) is 3. The lowest BCUT2D eigenvalue weighted by molar-refractivity contribution is 0.370. The van der Waals surface area contributed by atoms with Crippen LogP contribution >= 0.6 is 0 Å². The minimum atomic E-state index is -0.0981. The van der Waals surface area contributed by atoms with Crippen LogP contribution < -0.4 is 5.32 Å². The molecule has 0 spiro atoms. The van der Waals surface area contributed by atoms with Crippen LogP contribution in [0.25, 0.3) is 0 Å². The van der Waals surface area contributed by atoms with E-state index in [9.17, 15) is 0 Å². The maximum Gasteiger partial charge on any atom is 0.152 e. The molecule has 1 aromatic rings. The lowest BCUT2D eigenvalue weighted by atomic mass is 10.0. The number of hydrogen-bond donors (Lipinski definition) is 1. The third-order valence-corrected chi connectivity index (χ3v) is 3.48. The summed E-state index contributed by atoms with van der Waals surface area (Å²) >= 11 is 0. The predicted molar refractivity (Wildman–Crippen MR) is 59.6 cm³/mol. The fourth-order valence-corrected chi connectivity index (χ4v) is 2.25. The fourth-order valence-electron chi connectivity index (χ4n) is 2.25. The minimum absolute atomic E-state index is 0.0981. The predicted octanol–water partition coefficient (Wildman–Crippen LogP) is 1.85. The molecule has 0 unspecified atom stereocenters. The fraction of sp³-hybridized carbons (Fsp3) is 0.818. The summed E-state index contributed by atoms with van der Waals surface area (Å²) in [5.74, 6) is 1.05. The Hall–Kier alpha value is -0.900. The summed E-state index contributed by atoms with van der Waals surface area (Å²) in [6.45, 7) is 4.28. The molecule has 15 heavy (non-hydrogen) atoms. The first-order chi connectivity index (χ1) is 7.15. The van der Waals surface area contributed by atoms with Gasteiger partial charge in [-0.05, 0) is 33.7 Å². The van der Waals surface area contributed by atoms with Crippen LogP contribution in [0, 0.1) is 0 Å². The second-order valence-corrected chi connectivity index (χ2v) is 4.88. The summed E-state index contributed by atoms with van der Waals surface area (Å²) in [4.78, 5) is 0. The molecule has 84 valence electrons. The van der Waals surface area contributed by atoms with E-state index in [1.807, 2.05) is 13.4 Å². The molecule has 4 nitrogen and oxygen atoms in total. The van der Waals surface area contributed by atoms with Crippen LogP contribution in [0.1, 0.15) is 51.4 Å². The second kappa shape index (κ2) is 3.93. The van der Waals surface area contributed by atoms with Crippen molar-refractivity contribution in [3.63, 3.8) is 0 Å². The van der Waals surface area contributed by atoms with Gasteiger partial charge in [0.2, 0.25) is 0 Å². The van der Waals surface area contributed by atoms with E-state index in [0.717, 1.165) is 5.82 Å². The molecular formula is C11H20N4. The Morgan fingerprint density at radius 3 is 2.67 bits per heavy atom. The van der Waals surface area contributed by atoms with Crippen molar-refractivity contribution in [2.24, 2.45) is 0 Å². The molecular weight excluding hydrogens is 188 g/mol. The van der Waals surface area contributed by atoms with Crippen LogP contribution in [0.4, 0.5) is 0 Å². The molecule has 1 aliphatic rings. The van der Waals surface area contributed by atoms with Gasteiger partial charge in [-0.3, -0.25) is 0 Å². The first kappa shape index (κ1) is 10.6. The van der Waals surface area contributed by atoms with Crippen molar-refractivity contribution in [3.05, 3.63) is 12.2 Å². The van der Waals surface area contributed by atoms with Crippen molar-refractivity contribution in [3.8, 4) is 0 Å². The highest BCUT2D eigenvalue weighted by Gasteiger charge is 2.28. The zero-order valence-electron chi connectivity index (χ0n) is 9.82. The van der Waals surface area contributed by atoms with E-state index in [4.69, 9.17) is 0 Å². The Bertz CT molecular complexity index is 323. The molecule has 1 saturated carbocycles. The molecule has 2 rings (SSSR count). The van der Waals surface area contributed by atoms with Crippen LogP contribution in [-0.4, -0.2) is 21.8 Å². The van der Waals surface area contributed by atoms with E-state index in [2.05, 4.69) is 33.9 Å². The lowest BCUT2D eigenvalue weighted by Crippen LogP contribution is -2.36. The van der Waals surface area contributed by atoms with Crippen LogP contribution in [0.5, 0.6) is 0 Å². The summed E-state index contributed by atoms with van der Waals surface area (Å²) in [6, 6.07) is 0.614. The van der Waals surface area contributed by atoms with E-state index in [1.54, 1.807) is 0 Å². The summed E-state index contributed by atoms with van der Waals surface area (Å²) in [5.41, 5.74) is -0.0981. The Kier molecular flexibility index (Phi) is 2.78. The standard InChI is InChI=1S/C11H20N4/c1-11(2,12-3)10-14-13-8-15(10)9-6-4-5-7-9/h8-9,12H,4-7H2,1-3H3. The average Bonchev–Trinajstić information content (AvgIpc) is 2.87. The molecule has 1 fully saturated rings. The molecule has 0 amide bonds. The molecule has 1 N–H and O–H groups in total. The summed E-state index contributed by atoms with van der Waals surface area (Å²) < 4.78 is 2.25. The normalized spacial score (nSPS) is 18.6. The van der Waals surface area contributed by atoms with Crippen LogP contribution in [0.15, 0.2) is 6.33 Å². The minimum Gasteiger partial charge on any atom is -0.313 e. The van der Waals surface area contributed by atoms with Crippen molar-refractivity contribution in [1.29, 1.82) is 0 Å². The molecule has 0 atom stereocenters. The smallest absolute Gasteiger partial charge is 0.152 e. The van der Waals surface area contributed by atoms with Crippen molar-refractivity contribution >= 4 is 0 Å². The quantitative estimate of drug-likeness (QED) is 0.824. The molecule has 1 aromatic heterocycles. The molecule has 0 aromatic carbocycles. The van der Waals surface area contributed by atoms with Crippen molar-refractivity contribution in [2.75, 3.05) is 7.05 Å². The van der Waals surface area contributed by atoms with Gasteiger partial charge in [0.15, 0.2) is 5.82 Å². The molecule has 0 radical (unpaired) electrons. The Morgan fingerprint density at radius 1 is 1.40 bits per heavy atom. The third kappa shape index (κ3) is 1.91. The van der Waals surface area contributed by atoms with E-state index in [-0.39, 0.29) is 5.54 Å². The first-order valence-electron chi connectivity index (χ1n) is 5.74. The van der Waals surface area contributed by atoms with Gasteiger partial charge < -0.3 is 9.88 Å². The van der Waals surface area contributed by atoms with Gasteiger partial charge in [0.1, 0.15) is 6.33 Å². The monoisotopic (exact) mass is 208 g/mol. The Balaban J connectivity index is 2.28. The highest BCUT2D eigenvalue weighted by molar-refractivity contribution is 5.03. The zero-order chi connectivity index (χ0) is 10.9. The van der Waals surface area contributed by atoms with Gasteiger partial charge in [0, 0.05) is 6.04 Å². The van der Waals surface area contributed by atoms with Crippen molar-refractivity contribution in [2.45, 2.75) is 51.1 Å². The molecule has 0 bridgehead atoms. The molecule has 4 heteroatoms.